The molecule has 0 spiro atoms. The van der Waals surface area contributed by atoms with Crippen molar-refractivity contribution in [2.45, 2.75) is 52.2 Å². The van der Waals surface area contributed by atoms with Crippen molar-refractivity contribution in [2.75, 3.05) is 0 Å². The Balaban J connectivity index is 2.18. The first-order chi connectivity index (χ1) is 9.70. The number of hydrogen-bond donors (Lipinski definition) is 1. The minimum atomic E-state index is -0.637. The van der Waals surface area contributed by atoms with E-state index in [0.29, 0.717) is 5.56 Å². The summed E-state index contributed by atoms with van der Waals surface area (Å²) in [7, 11) is 0. The Morgan fingerprint density at radius 3 is 2.48 bits per heavy atom. The zero-order valence-corrected chi connectivity index (χ0v) is 12.7. The molecular formula is C16H22F2N2O. The smallest absolute Gasteiger partial charge is 0.240 e. The Labute approximate surface area is 124 Å². The van der Waals surface area contributed by atoms with Crippen molar-refractivity contribution < 1.29 is 13.6 Å². The molecule has 1 aliphatic rings. The second kappa shape index (κ2) is 5.72. The lowest BCUT2D eigenvalue weighted by Gasteiger charge is -2.32. The summed E-state index contributed by atoms with van der Waals surface area (Å²) in [6, 6.07) is 2.92. The molecule has 0 aromatic heterocycles. The maximum absolute atomic E-state index is 13.8. The number of benzene rings is 1. The zero-order chi connectivity index (χ0) is 15.8. The van der Waals surface area contributed by atoms with Crippen LogP contribution in [0.1, 0.15) is 39.2 Å². The summed E-state index contributed by atoms with van der Waals surface area (Å²) in [6.45, 7) is 5.84. The van der Waals surface area contributed by atoms with Crippen molar-refractivity contribution in [1.29, 1.82) is 0 Å². The van der Waals surface area contributed by atoms with E-state index in [1.54, 1.807) is 4.90 Å². The standard InChI is InChI=1S/C16H22F2N2O/c1-16(2,3)14(19)15(21)20(12-6-7-12)9-10-4-5-11(17)8-13(10)18/h4-5,8,12,14H,6-7,9,19H2,1-3H3. The van der Waals surface area contributed by atoms with Crippen LogP contribution in [0.25, 0.3) is 0 Å². The molecule has 1 amide bonds. The molecule has 2 N–H and O–H groups in total. The summed E-state index contributed by atoms with van der Waals surface area (Å²) in [5.74, 6) is -1.42. The third kappa shape index (κ3) is 3.79. The number of halogens is 2. The molecule has 21 heavy (non-hydrogen) atoms. The third-order valence-electron chi connectivity index (χ3n) is 3.83. The van der Waals surface area contributed by atoms with E-state index >= 15 is 0 Å². The van der Waals surface area contributed by atoms with E-state index in [4.69, 9.17) is 5.73 Å². The second-order valence-corrected chi connectivity index (χ2v) is 6.78. The van der Waals surface area contributed by atoms with Gasteiger partial charge in [-0.3, -0.25) is 4.79 Å². The molecule has 5 heteroatoms. The van der Waals surface area contributed by atoms with E-state index in [0.717, 1.165) is 18.9 Å². The largest absolute Gasteiger partial charge is 0.334 e. The van der Waals surface area contributed by atoms with Crippen LogP contribution in [0.3, 0.4) is 0 Å². The Bertz CT molecular complexity index is 536. The van der Waals surface area contributed by atoms with Crippen molar-refractivity contribution in [3.05, 3.63) is 35.4 Å². The average Bonchev–Trinajstić information content (AvgIpc) is 3.19. The first-order valence-corrected chi connectivity index (χ1v) is 7.20. The predicted molar refractivity (Wildman–Crippen MR) is 77.4 cm³/mol. The molecule has 0 heterocycles. The number of carbonyl (C=O) groups excluding carboxylic acids is 1. The maximum atomic E-state index is 13.8. The van der Waals surface area contributed by atoms with Crippen LogP contribution in [-0.2, 0) is 11.3 Å². The predicted octanol–water partition coefficient (Wildman–Crippen LogP) is 2.83. The molecule has 1 aliphatic carbocycles. The first-order valence-electron chi connectivity index (χ1n) is 7.20. The van der Waals surface area contributed by atoms with Gasteiger partial charge in [0.15, 0.2) is 0 Å². The van der Waals surface area contributed by atoms with Gasteiger partial charge in [-0.25, -0.2) is 8.78 Å². The van der Waals surface area contributed by atoms with Gasteiger partial charge in [0, 0.05) is 24.2 Å². The van der Waals surface area contributed by atoms with Gasteiger partial charge in [-0.05, 0) is 24.3 Å². The highest BCUT2D eigenvalue weighted by Gasteiger charge is 2.38. The Morgan fingerprint density at radius 1 is 1.38 bits per heavy atom. The highest BCUT2D eigenvalue weighted by molar-refractivity contribution is 5.83. The fourth-order valence-electron chi connectivity index (χ4n) is 2.16. The minimum Gasteiger partial charge on any atom is -0.334 e. The number of rotatable bonds is 4. The van der Waals surface area contributed by atoms with Crippen LogP contribution in [0.15, 0.2) is 18.2 Å². The summed E-state index contributed by atoms with van der Waals surface area (Å²) in [4.78, 5) is 14.2. The second-order valence-electron chi connectivity index (χ2n) is 6.78. The minimum absolute atomic E-state index is 0.121. The molecule has 1 fully saturated rings. The molecule has 0 radical (unpaired) electrons. The number of hydrogen-bond acceptors (Lipinski definition) is 2. The summed E-state index contributed by atoms with van der Waals surface area (Å²) >= 11 is 0. The van der Waals surface area contributed by atoms with Gasteiger partial charge >= 0.3 is 0 Å². The van der Waals surface area contributed by atoms with E-state index in [2.05, 4.69) is 0 Å². The van der Waals surface area contributed by atoms with Crippen LogP contribution in [-0.4, -0.2) is 22.9 Å². The van der Waals surface area contributed by atoms with Crippen molar-refractivity contribution >= 4 is 5.91 Å². The van der Waals surface area contributed by atoms with Crippen LogP contribution in [0.2, 0.25) is 0 Å². The maximum Gasteiger partial charge on any atom is 0.240 e. The van der Waals surface area contributed by atoms with Gasteiger partial charge in [0.25, 0.3) is 0 Å². The fourth-order valence-corrected chi connectivity index (χ4v) is 2.16. The van der Waals surface area contributed by atoms with Crippen molar-refractivity contribution in [3.8, 4) is 0 Å². The number of nitrogens with zero attached hydrogens (tertiary/aromatic N) is 1. The molecule has 0 saturated heterocycles. The molecular weight excluding hydrogens is 274 g/mol. The Hall–Kier alpha value is -1.49. The number of carbonyl (C=O) groups is 1. The summed E-state index contributed by atoms with van der Waals surface area (Å²) < 4.78 is 26.7. The number of nitrogens with two attached hydrogens (primary N) is 1. The van der Waals surface area contributed by atoms with Crippen molar-refractivity contribution in [2.24, 2.45) is 11.1 Å². The third-order valence-corrected chi connectivity index (χ3v) is 3.83. The molecule has 1 aromatic rings. The van der Waals surface area contributed by atoms with Gasteiger partial charge in [-0.2, -0.15) is 0 Å². The van der Waals surface area contributed by atoms with E-state index < -0.39 is 17.7 Å². The highest BCUT2D eigenvalue weighted by Crippen LogP contribution is 2.31. The summed E-state index contributed by atoms with van der Waals surface area (Å²) in [5, 5.41) is 0. The van der Waals surface area contributed by atoms with Crippen molar-refractivity contribution in [1.82, 2.24) is 4.90 Å². The topological polar surface area (TPSA) is 46.3 Å². The molecule has 2 rings (SSSR count). The highest BCUT2D eigenvalue weighted by atomic mass is 19.1. The van der Waals surface area contributed by atoms with Gasteiger partial charge in [0.05, 0.1) is 6.04 Å². The summed E-state index contributed by atoms with van der Waals surface area (Å²) in [6.07, 6.45) is 1.82. The van der Waals surface area contributed by atoms with Crippen LogP contribution in [0, 0.1) is 17.0 Å². The fraction of sp³-hybridized carbons (Fsp3) is 0.562. The van der Waals surface area contributed by atoms with Crippen LogP contribution < -0.4 is 5.73 Å². The van der Waals surface area contributed by atoms with Gasteiger partial charge in [0.1, 0.15) is 11.6 Å². The molecule has 0 bridgehead atoms. The van der Waals surface area contributed by atoms with E-state index in [1.807, 2.05) is 20.8 Å². The van der Waals surface area contributed by atoms with E-state index in [-0.39, 0.29) is 23.9 Å². The lowest BCUT2D eigenvalue weighted by atomic mass is 9.86. The first kappa shape index (κ1) is 15.9. The summed E-state index contributed by atoms with van der Waals surface area (Å²) in [5.41, 5.74) is 5.99. The Morgan fingerprint density at radius 2 is 2.00 bits per heavy atom. The monoisotopic (exact) mass is 296 g/mol. The van der Waals surface area contributed by atoms with Gasteiger partial charge in [-0.15, -0.1) is 0 Å². The molecule has 1 saturated carbocycles. The molecule has 116 valence electrons. The zero-order valence-electron chi connectivity index (χ0n) is 12.7. The lowest BCUT2D eigenvalue weighted by molar-refractivity contribution is -0.136. The normalized spacial score (nSPS) is 16.7. The average molecular weight is 296 g/mol. The molecule has 3 nitrogen and oxygen atoms in total. The van der Waals surface area contributed by atoms with Crippen LogP contribution >= 0.6 is 0 Å². The van der Waals surface area contributed by atoms with Crippen LogP contribution in [0.5, 0.6) is 0 Å². The molecule has 0 aliphatic heterocycles. The lowest BCUT2D eigenvalue weighted by Crippen LogP contribution is -2.50. The van der Waals surface area contributed by atoms with E-state index in [9.17, 15) is 13.6 Å². The molecule has 1 atom stereocenters. The van der Waals surface area contributed by atoms with Crippen molar-refractivity contribution in [3.63, 3.8) is 0 Å². The molecule has 1 unspecified atom stereocenters. The van der Waals surface area contributed by atoms with Gasteiger partial charge in [-0.1, -0.05) is 26.8 Å². The number of amides is 1. The Kier molecular flexibility index (Phi) is 4.33. The van der Waals surface area contributed by atoms with E-state index in [1.165, 1.54) is 12.1 Å². The van der Waals surface area contributed by atoms with Gasteiger partial charge < -0.3 is 10.6 Å². The quantitative estimate of drug-likeness (QED) is 0.928. The molecule has 1 aromatic carbocycles. The van der Waals surface area contributed by atoms with Crippen LogP contribution in [0.4, 0.5) is 8.78 Å². The van der Waals surface area contributed by atoms with Gasteiger partial charge in [0.2, 0.25) is 5.91 Å². The SMILES string of the molecule is CC(C)(C)C(N)C(=O)N(Cc1ccc(F)cc1F)C1CC1.